The molecule has 3 N–H and O–H groups in total. The number of aromatic nitrogens is 2. The normalized spacial score (nSPS) is 19.9. The zero-order valence-corrected chi connectivity index (χ0v) is 17.6. The molecule has 0 radical (unpaired) electrons. The Morgan fingerprint density at radius 3 is 2.85 bits per heavy atom. The molecule has 0 bridgehead atoms. The van der Waals surface area contributed by atoms with Gasteiger partial charge >= 0.3 is 12.1 Å². The van der Waals surface area contributed by atoms with E-state index in [-0.39, 0.29) is 42.0 Å². The molecule has 0 spiro atoms. The first-order valence-corrected chi connectivity index (χ1v) is 10.6. The molecule has 0 saturated heterocycles. The van der Waals surface area contributed by atoms with Crippen LogP contribution < -0.4 is 20.8 Å². The summed E-state index contributed by atoms with van der Waals surface area (Å²) in [6.45, 7) is 2.13. The van der Waals surface area contributed by atoms with Crippen LogP contribution in [0.4, 0.5) is 4.79 Å². The Balaban J connectivity index is 1.62. The number of nitrogens with zero attached hydrogens (tertiary/aromatic N) is 2. The van der Waals surface area contributed by atoms with Crippen molar-refractivity contribution in [2.45, 2.75) is 38.5 Å². The summed E-state index contributed by atoms with van der Waals surface area (Å²) in [6, 6.07) is 4.95. The number of hydrogen-bond donors (Lipinski definition) is 2. The van der Waals surface area contributed by atoms with Crippen molar-refractivity contribution < 1.29 is 28.9 Å². The number of pyridine rings is 2. The van der Waals surface area contributed by atoms with E-state index in [0.717, 1.165) is 11.1 Å². The van der Waals surface area contributed by atoms with Gasteiger partial charge in [0.1, 0.15) is 6.61 Å². The van der Waals surface area contributed by atoms with Crippen molar-refractivity contribution in [3.05, 3.63) is 50.8 Å². The highest BCUT2D eigenvalue weighted by Crippen LogP contribution is 2.45. The fourth-order valence-corrected chi connectivity index (χ4v) is 5.08. The molecule has 0 aliphatic carbocycles. The number of hydrogen-bond acceptors (Lipinski definition) is 8. The first-order valence-electron chi connectivity index (χ1n) is 10.6. The highest BCUT2D eigenvalue weighted by molar-refractivity contribution is 5.96. The number of carbonyl (C=O) groups is 2. The lowest BCUT2D eigenvalue weighted by molar-refractivity contribution is -0.172. The quantitative estimate of drug-likeness (QED) is 0.438. The van der Waals surface area contributed by atoms with Crippen molar-refractivity contribution in [2.75, 3.05) is 6.61 Å². The topological polar surface area (TPSA) is 143 Å². The van der Waals surface area contributed by atoms with Crippen LogP contribution in [0.2, 0.25) is 0 Å². The molecule has 33 heavy (non-hydrogen) atoms. The van der Waals surface area contributed by atoms with Crippen LogP contribution >= 0.6 is 0 Å². The van der Waals surface area contributed by atoms with E-state index in [9.17, 15) is 19.5 Å². The summed E-state index contributed by atoms with van der Waals surface area (Å²) in [5.74, 6) is -0.153. The van der Waals surface area contributed by atoms with Crippen molar-refractivity contribution in [3.8, 4) is 22.9 Å². The van der Waals surface area contributed by atoms with Crippen LogP contribution in [-0.2, 0) is 34.7 Å². The predicted octanol–water partition coefficient (Wildman–Crippen LogP) is 1.47. The van der Waals surface area contributed by atoms with Crippen LogP contribution in [0.1, 0.15) is 35.6 Å². The molecule has 5 heterocycles. The van der Waals surface area contributed by atoms with Crippen LogP contribution in [0.5, 0.6) is 11.5 Å². The molecular formula is C23H19N3O7. The highest BCUT2D eigenvalue weighted by Gasteiger charge is 2.45. The maximum absolute atomic E-state index is 13.4. The van der Waals surface area contributed by atoms with Crippen molar-refractivity contribution >= 4 is 23.0 Å². The highest BCUT2D eigenvalue weighted by atomic mass is 16.6. The second-order valence-corrected chi connectivity index (χ2v) is 8.33. The van der Waals surface area contributed by atoms with Gasteiger partial charge in [-0.2, -0.15) is 0 Å². The zero-order valence-electron chi connectivity index (χ0n) is 17.6. The molecule has 0 unspecified atom stereocenters. The molecule has 10 heteroatoms. The third-order valence-electron chi connectivity index (χ3n) is 6.69. The Kier molecular flexibility index (Phi) is 3.92. The summed E-state index contributed by atoms with van der Waals surface area (Å²) in [4.78, 5) is 41.8. The zero-order chi connectivity index (χ0) is 23.1. The van der Waals surface area contributed by atoms with Crippen molar-refractivity contribution in [2.24, 2.45) is 5.73 Å². The van der Waals surface area contributed by atoms with Crippen LogP contribution in [0, 0.1) is 0 Å². The molecule has 10 nitrogen and oxygen atoms in total. The summed E-state index contributed by atoms with van der Waals surface area (Å²) in [5, 5.41) is 11.7. The maximum atomic E-state index is 13.4. The van der Waals surface area contributed by atoms with Crippen molar-refractivity contribution in [1.82, 2.24) is 9.55 Å². The van der Waals surface area contributed by atoms with E-state index in [1.807, 2.05) is 0 Å². The van der Waals surface area contributed by atoms with Gasteiger partial charge in [-0.05, 0) is 30.2 Å². The first-order chi connectivity index (χ1) is 15.8. The van der Waals surface area contributed by atoms with Crippen molar-refractivity contribution in [1.29, 1.82) is 0 Å². The van der Waals surface area contributed by atoms with Gasteiger partial charge in [0, 0.05) is 22.9 Å². The van der Waals surface area contributed by atoms with Crippen molar-refractivity contribution in [3.63, 3.8) is 0 Å². The van der Waals surface area contributed by atoms with Crippen LogP contribution in [0.3, 0.4) is 0 Å². The molecule has 0 saturated carbocycles. The number of aliphatic hydroxyl groups is 1. The summed E-state index contributed by atoms with van der Waals surface area (Å²) in [7, 11) is 0. The van der Waals surface area contributed by atoms with Gasteiger partial charge in [0.05, 0.1) is 35.6 Å². The van der Waals surface area contributed by atoms with Crippen LogP contribution in [0.25, 0.3) is 22.3 Å². The number of carbonyl (C=O) groups excluding carboxylic acids is 2. The average molecular weight is 449 g/mol. The smallest absolute Gasteiger partial charge is 0.410 e. The van der Waals surface area contributed by atoms with Gasteiger partial charge in [0.2, 0.25) is 0 Å². The number of amides is 1. The largest absolute Gasteiger partial charge is 0.489 e. The number of primary amides is 1. The molecule has 0 fully saturated rings. The fraction of sp³-hybridized carbons (Fsp3) is 0.304. The Morgan fingerprint density at radius 2 is 2.09 bits per heavy atom. The van der Waals surface area contributed by atoms with E-state index in [2.05, 4.69) is 0 Å². The number of nitrogens with two attached hydrogens (primary N) is 1. The first kappa shape index (κ1) is 19.7. The number of rotatable bonds is 2. The monoisotopic (exact) mass is 449 g/mol. The Labute approximate surface area is 186 Å². The lowest BCUT2D eigenvalue weighted by Gasteiger charge is -2.31. The number of esters is 1. The molecule has 3 aliphatic heterocycles. The number of fused-ring (bicyclic) bond motifs is 5. The summed E-state index contributed by atoms with van der Waals surface area (Å²) >= 11 is 0. The Bertz CT molecular complexity index is 1480. The fourth-order valence-electron chi connectivity index (χ4n) is 5.08. The van der Waals surface area contributed by atoms with Gasteiger partial charge in [-0.15, -0.1) is 0 Å². The van der Waals surface area contributed by atoms with E-state index in [1.54, 1.807) is 29.7 Å². The summed E-state index contributed by atoms with van der Waals surface area (Å²) < 4.78 is 17.6. The second-order valence-electron chi connectivity index (χ2n) is 8.33. The minimum Gasteiger partial charge on any atom is -0.489 e. The van der Waals surface area contributed by atoms with E-state index in [1.165, 1.54) is 0 Å². The number of ether oxygens (including phenoxy) is 3. The molecule has 6 rings (SSSR count). The minimum atomic E-state index is -1.88. The third-order valence-corrected chi connectivity index (χ3v) is 6.69. The third kappa shape index (κ3) is 2.52. The van der Waals surface area contributed by atoms with Gasteiger partial charge in [0.25, 0.3) is 5.56 Å². The molecule has 168 valence electrons. The van der Waals surface area contributed by atoms with Crippen LogP contribution in [0.15, 0.2) is 23.0 Å². The Hall–Kier alpha value is -3.92. The van der Waals surface area contributed by atoms with Gasteiger partial charge in [-0.3, -0.25) is 4.79 Å². The maximum Gasteiger partial charge on any atom is 0.410 e. The van der Waals surface area contributed by atoms with Gasteiger partial charge in [-0.25, -0.2) is 14.6 Å². The van der Waals surface area contributed by atoms with E-state index in [4.69, 9.17) is 24.9 Å². The lowest BCUT2D eigenvalue weighted by atomic mass is 9.86. The lowest BCUT2D eigenvalue weighted by Crippen LogP contribution is -2.44. The summed E-state index contributed by atoms with van der Waals surface area (Å²) in [5.41, 5.74) is 7.12. The van der Waals surface area contributed by atoms with Gasteiger partial charge < -0.3 is 29.6 Å². The molecule has 3 aromatic rings. The second kappa shape index (κ2) is 6.55. The molecule has 1 aromatic carbocycles. The minimum absolute atomic E-state index is 0.0777. The molecule has 3 aliphatic rings. The molecular weight excluding hydrogens is 430 g/mol. The van der Waals surface area contributed by atoms with Crippen LogP contribution in [-0.4, -0.2) is 33.3 Å². The average Bonchev–Trinajstić information content (AvgIpc) is 3.17. The number of cyclic esters (lactones) is 1. The van der Waals surface area contributed by atoms with E-state index >= 15 is 0 Å². The molecule has 1 atom stereocenters. The SMILES string of the molecule is CC[C@@]1(O)C(=O)OCc2c1cc1n(c2=O)Cc2c-1nc1ccc(OC(N)=O)c3c1c2CCO3. The predicted molar refractivity (Wildman–Crippen MR) is 114 cm³/mol. The van der Waals surface area contributed by atoms with Gasteiger partial charge in [-0.1, -0.05) is 6.92 Å². The molecule has 2 aromatic heterocycles. The number of benzene rings is 1. The van der Waals surface area contributed by atoms with E-state index in [0.29, 0.717) is 41.1 Å². The molecule has 1 amide bonds. The standard InChI is InChI=1S/C23H19N3O7/c1-2-23(30)13-7-15-18-11(8-26(15)20(27)12(13)9-32-21(23)28)10-5-6-31-19-16(33-22(24)29)4-3-14(25-18)17(10)19/h3-4,7,30H,2,5-6,8-9H2,1H3,(H2,24,29)/t23-/m0/s1. The van der Waals surface area contributed by atoms with E-state index < -0.39 is 17.7 Å². The van der Waals surface area contributed by atoms with Gasteiger partial charge in [0.15, 0.2) is 17.1 Å². The Morgan fingerprint density at radius 1 is 1.27 bits per heavy atom. The summed E-state index contributed by atoms with van der Waals surface area (Å²) in [6.07, 6.45) is -0.286.